The Morgan fingerprint density at radius 2 is 0.718 bits per heavy atom. The van der Waals surface area contributed by atoms with Crippen LogP contribution in [0.3, 0.4) is 0 Å². The van der Waals surface area contributed by atoms with Crippen LogP contribution in [-0.2, 0) is 32.7 Å². The Kier molecular flexibility index (Phi) is 24.6. The number of thioether (sulfide) groups is 1. The smallest absolute Gasteiger partial charge is 0.161 e. The number of nitrogens with zero attached hydrogens (tertiary/aromatic N) is 15. The van der Waals surface area contributed by atoms with Crippen molar-refractivity contribution in [1.29, 1.82) is 0 Å². The quantitative estimate of drug-likeness (QED) is 0.0538. The van der Waals surface area contributed by atoms with E-state index in [-0.39, 0.29) is 13.1 Å². The third kappa shape index (κ3) is 15.6. The average molecular weight is 1620 g/mol. The maximum absolute atomic E-state index is 6.36. The predicted molar refractivity (Wildman–Crippen MR) is 452 cm³/mol. The van der Waals surface area contributed by atoms with Gasteiger partial charge in [-0.15, -0.1) is 11.8 Å². The molecule has 0 fully saturated rings. The Morgan fingerprint density at radius 1 is 0.345 bits per heavy atom. The molecule has 0 aliphatic rings. The monoisotopic (exact) mass is 1610 g/mol. The number of rotatable bonds is 11. The molecule has 0 atom stereocenters. The van der Waals surface area contributed by atoms with E-state index >= 15 is 0 Å². The van der Waals surface area contributed by atoms with E-state index in [9.17, 15) is 0 Å². The summed E-state index contributed by atoms with van der Waals surface area (Å²) in [5.41, 5.74) is 89.6. The third-order valence-electron chi connectivity index (χ3n) is 18.9. The van der Waals surface area contributed by atoms with Gasteiger partial charge in [0.1, 0.15) is 34.1 Å². The summed E-state index contributed by atoms with van der Waals surface area (Å²) in [6.45, 7) is 26.0. The number of nitrogens with two attached hydrogens (primary N) is 10. The third-order valence-corrected chi connectivity index (χ3v) is 21.1. The molecule has 15 rings (SSSR count). The van der Waals surface area contributed by atoms with E-state index in [0.29, 0.717) is 124 Å². The van der Waals surface area contributed by atoms with Gasteiger partial charge in [0.15, 0.2) is 28.2 Å². The lowest BCUT2D eigenvalue weighted by molar-refractivity contribution is 0.880. The fourth-order valence-electron chi connectivity index (χ4n) is 13.5. The number of hydrogen-bond donors (Lipinski definition) is 10. The first kappa shape index (κ1) is 81.1. The Balaban J connectivity index is 0.000000136. The standard InChI is InChI=1S/C18H23N5.C17H21N5S.C16H19N5.C14H12Cl3N5.C13H10Cl3N5/c1-9-6-10(2)15(11(3)7-9)16-14(8-19)17(20)23-18(21-16)12(4)13(5)22-23;1-9-5-10(2)15(11(3)6-9)16-12(8-18)17(19)22-13(20-16)7-14(21-22)23-4;1-9-4-5-12(10(2)6-9)14-13(7-17)15(18)21-16(20-14)11(3)8-19-21;1-6-5-20-22-13(19)8(4-18)12(21-14(6)22)11-9(16)2-7(15)3-10(11)17;14-6-3-8(15)11(9(16)4-6)12-7(5-17)13(18)21-10(20-12)1-2-19-21/h6-7H,8,19-20H2,1-5H3;5-7H,8,18-19H2,1-4H3;4-6,8H,7,17-18H2,1-3H3;2-3,5H,4,18-19H2,1H3;1-4H,5,17-18H2. The highest BCUT2D eigenvalue weighted by molar-refractivity contribution is 7.98. The van der Waals surface area contributed by atoms with Crippen molar-refractivity contribution < 1.29 is 0 Å². The van der Waals surface area contributed by atoms with Crippen LogP contribution in [0.25, 0.3) is 84.5 Å². The minimum Gasteiger partial charge on any atom is -0.383 e. The van der Waals surface area contributed by atoms with Gasteiger partial charge < -0.3 is 57.3 Å². The van der Waals surface area contributed by atoms with Crippen LogP contribution in [0.5, 0.6) is 0 Å². The second kappa shape index (κ2) is 33.3. The zero-order valence-electron chi connectivity index (χ0n) is 62.9. The fourth-order valence-corrected chi connectivity index (χ4v) is 15.9. The van der Waals surface area contributed by atoms with Crippen molar-refractivity contribution in [3.05, 3.63) is 222 Å². The Hall–Kier alpha value is -9.91. The van der Waals surface area contributed by atoms with Gasteiger partial charge in [0.2, 0.25) is 0 Å². The fraction of sp³-hybridized carbons (Fsp3) is 0.231. The molecule has 0 saturated carbocycles. The van der Waals surface area contributed by atoms with Gasteiger partial charge in [-0.2, -0.15) is 48.1 Å². The summed E-state index contributed by atoms with van der Waals surface area (Å²) in [6, 6.07) is 25.0. The number of benzene rings is 5. The number of hydrogen-bond acceptors (Lipinski definition) is 21. The van der Waals surface area contributed by atoms with Gasteiger partial charge >= 0.3 is 0 Å². The molecule has 0 saturated heterocycles. The lowest BCUT2D eigenvalue weighted by Gasteiger charge is -2.16. The molecule has 570 valence electrons. The number of nitrogen functional groups attached to an aromatic ring is 5. The molecule has 0 aliphatic heterocycles. The van der Waals surface area contributed by atoms with Crippen molar-refractivity contribution in [2.24, 2.45) is 28.7 Å². The van der Waals surface area contributed by atoms with Crippen LogP contribution in [0.1, 0.15) is 94.7 Å². The molecule has 0 amide bonds. The molecule has 0 bridgehead atoms. The van der Waals surface area contributed by atoms with Crippen LogP contribution >= 0.6 is 81.4 Å². The van der Waals surface area contributed by atoms with Gasteiger partial charge in [0.05, 0.1) is 72.8 Å². The zero-order valence-corrected chi connectivity index (χ0v) is 68.3. The number of anilines is 5. The lowest BCUT2D eigenvalue weighted by atomic mass is 9.94. The van der Waals surface area contributed by atoms with Crippen molar-refractivity contribution >= 4 is 139 Å². The SMILES string of the molecule is CSc1cc2nc(-c3c(C)cc(C)cc3C)c(CN)c(N)n2n1.Cc1cc(C)c(-c2nc3c(C)c(C)nn3c(N)c2CN)c(C)c1.Cc1ccc(-c2nc3c(C)cnn3c(N)c2CN)c(C)c1.Cc1cnn2c(N)c(CN)c(-c3c(Cl)cc(Cl)cc3Cl)nc12.NCc1c(-c2c(Cl)cc(Cl)cc2Cl)nc2ccnn2c1N. The van der Waals surface area contributed by atoms with E-state index in [1.165, 1.54) is 43.5 Å². The summed E-state index contributed by atoms with van der Waals surface area (Å²) >= 11 is 38.6. The summed E-state index contributed by atoms with van der Waals surface area (Å²) in [4.78, 5) is 23.6. The highest BCUT2D eigenvalue weighted by Crippen LogP contribution is 2.43. The summed E-state index contributed by atoms with van der Waals surface area (Å²) in [7, 11) is 0. The van der Waals surface area contributed by atoms with Crippen LogP contribution < -0.4 is 57.3 Å². The van der Waals surface area contributed by atoms with E-state index in [1.807, 2.05) is 40.0 Å². The second-order valence-electron chi connectivity index (χ2n) is 26.6. The number of aromatic nitrogens is 15. The van der Waals surface area contributed by atoms with Gasteiger partial charge in [-0.25, -0.2) is 24.9 Å². The van der Waals surface area contributed by atoms with Gasteiger partial charge in [-0.1, -0.05) is 129 Å². The van der Waals surface area contributed by atoms with Crippen molar-refractivity contribution in [3.63, 3.8) is 0 Å². The summed E-state index contributed by atoms with van der Waals surface area (Å²) < 4.78 is 8.11. The molecular formula is C78H85Cl6N25S. The first-order chi connectivity index (χ1) is 52.3. The summed E-state index contributed by atoms with van der Waals surface area (Å²) in [5.74, 6) is 2.52. The van der Waals surface area contributed by atoms with Crippen LogP contribution in [-0.4, -0.2) is 79.2 Å². The van der Waals surface area contributed by atoms with E-state index in [1.54, 1.807) is 78.7 Å². The zero-order chi connectivity index (χ0) is 79.9. The van der Waals surface area contributed by atoms with E-state index in [0.717, 1.165) is 100 Å². The van der Waals surface area contributed by atoms with Gasteiger partial charge in [-0.05, 0) is 141 Å². The Labute approximate surface area is 670 Å². The highest BCUT2D eigenvalue weighted by atomic mass is 35.5. The Bertz CT molecular complexity index is 6000. The maximum Gasteiger partial charge on any atom is 0.161 e. The van der Waals surface area contributed by atoms with Gasteiger partial charge in [-0.3, -0.25) is 0 Å². The molecule has 0 aliphatic carbocycles. The van der Waals surface area contributed by atoms with Crippen LogP contribution in [0.4, 0.5) is 29.1 Å². The molecule has 25 nitrogen and oxygen atoms in total. The molecule has 0 radical (unpaired) electrons. The minimum absolute atomic E-state index is 0.179. The van der Waals surface area contributed by atoms with Crippen LogP contribution in [0, 0.1) is 83.1 Å². The second-order valence-corrected chi connectivity index (χ2v) is 30.0. The first-order valence-electron chi connectivity index (χ1n) is 34.6. The molecule has 110 heavy (non-hydrogen) atoms. The molecule has 32 heteroatoms. The van der Waals surface area contributed by atoms with Gasteiger partial charge in [0.25, 0.3) is 0 Å². The molecule has 10 aromatic heterocycles. The van der Waals surface area contributed by atoms with Crippen molar-refractivity contribution in [2.45, 2.75) is 121 Å². The van der Waals surface area contributed by atoms with Crippen LogP contribution in [0.2, 0.25) is 30.1 Å². The van der Waals surface area contributed by atoms with E-state index < -0.39 is 0 Å². The lowest BCUT2D eigenvalue weighted by Crippen LogP contribution is -2.12. The van der Waals surface area contributed by atoms with E-state index in [2.05, 4.69) is 133 Å². The first-order valence-corrected chi connectivity index (χ1v) is 38.1. The number of halogens is 6. The molecule has 0 unspecified atom stereocenters. The number of aryl methyl sites for hydroxylation is 12. The maximum atomic E-state index is 6.36. The summed E-state index contributed by atoms with van der Waals surface area (Å²) in [5, 5.41) is 24.9. The summed E-state index contributed by atoms with van der Waals surface area (Å²) in [6.07, 6.45) is 7.05. The average Bonchev–Trinajstić information content (AvgIpc) is 1.13. The largest absolute Gasteiger partial charge is 0.383 e. The molecule has 15 aromatic rings. The Morgan fingerprint density at radius 3 is 1.16 bits per heavy atom. The van der Waals surface area contributed by atoms with Crippen LogP contribution in [0.15, 0.2) is 102 Å². The molecule has 0 spiro atoms. The van der Waals surface area contributed by atoms with Crippen molar-refractivity contribution in [2.75, 3.05) is 34.9 Å². The minimum atomic E-state index is 0.179. The molecular weight excluding hydrogens is 1530 g/mol. The molecule has 10 heterocycles. The van der Waals surface area contributed by atoms with Gasteiger partial charge in [0, 0.05) is 127 Å². The predicted octanol–water partition coefficient (Wildman–Crippen LogP) is 15.5. The van der Waals surface area contributed by atoms with Crippen molar-refractivity contribution in [1.82, 2.24) is 73.0 Å². The molecule has 20 N–H and O–H groups in total. The molecule has 5 aromatic carbocycles. The topological polar surface area (TPSA) is 411 Å². The highest BCUT2D eigenvalue weighted by Gasteiger charge is 2.26. The van der Waals surface area contributed by atoms with E-state index in [4.69, 9.17) is 142 Å². The number of fused-ring (bicyclic) bond motifs is 5. The van der Waals surface area contributed by atoms with Crippen molar-refractivity contribution in [3.8, 4) is 56.3 Å². The normalized spacial score (nSPS) is 11.3.